The van der Waals surface area contributed by atoms with Gasteiger partial charge < -0.3 is 4.74 Å². The van der Waals surface area contributed by atoms with Crippen LogP contribution in [0.4, 0.5) is 30.7 Å². The summed E-state index contributed by atoms with van der Waals surface area (Å²) in [6, 6.07) is 3.36. The highest BCUT2D eigenvalue weighted by molar-refractivity contribution is 5.43. The lowest BCUT2D eigenvalue weighted by Crippen LogP contribution is -2.22. The van der Waals surface area contributed by atoms with Crippen molar-refractivity contribution < 1.29 is 35.5 Å². The number of fused-ring (bicyclic) bond motifs is 1. The fourth-order valence-electron chi connectivity index (χ4n) is 4.39. The maximum Gasteiger partial charge on any atom is 0.573 e. The average Bonchev–Trinajstić information content (AvgIpc) is 2.69. The fraction of sp³-hybridized carbons (Fsp3) is 0.500. The van der Waals surface area contributed by atoms with Crippen LogP contribution in [-0.4, -0.2) is 6.36 Å². The number of rotatable bonds is 8. The van der Waals surface area contributed by atoms with Gasteiger partial charge in [-0.2, -0.15) is 0 Å². The van der Waals surface area contributed by atoms with Gasteiger partial charge in [-0.15, -0.1) is 13.2 Å². The fourth-order valence-corrected chi connectivity index (χ4v) is 4.39. The van der Waals surface area contributed by atoms with E-state index in [4.69, 9.17) is 0 Å². The summed E-state index contributed by atoms with van der Waals surface area (Å²) in [6.07, 6.45) is 0.377. The molecule has 0 saturated heterocycles. The van der Waals surface area contributed by atoms with Crippen molar-refractivity contribution in [3.63, 3.8) is 0 Å². The molecule has 1 atom stereocenters. The third-order valence-electron chi connectivity index (χ3n) is 5.91. The van der Waals surface area contributed by atoms with Crippen LogP contribution in [0.25, 0.3) is 0 Å². The zero-order chi connectivity index (χ0) is 23.5. The molecule has 8 heteroatoms. The molecular formula is C24H25F7O. The molecule has 1 aliphatic rings. The Morgan fingerprint density at radius 2 is 1.56 bits per heavy atom. The highest BCUT2D eigenvalue weighted by Crippen LogP contribution is 2.40. The van der Waals surface area contributed by atoms with Gasteiger partial charge in [0.05, 0.1) is 0 Å². The van der Waals surface area contributed by atoms with Gasteiger partial charge in [-0.1, -0.05) is 32.6 Å². The average molecular weight is 462 g/mol. The third kappa shape index (κ3) is 5.75. The van der Waals surface area contributed by atoms with E-state index in [-0.39, 0.29) is 36.0 Å². The Hall–Kier alpha value is -2.25. The molecule has 0 N–H and O–H groups in total. The van der Waals surface area contributed by atoms with Gasteiger partial charge in [-0.25, -0.2) is 17.6 Å². The van der Waals surface area contributed by atoms with Crippen LogP contribution in [0.2, 0.25) is 0 Å². The first-order chi connectivity index (χ1) is 15.1. The zero-order valence-electron chi connectivity index (χ0n) is 17.7. The Morgan fingerprint density at radius 1 is 0.906 bits per heavy atom. The second-order valence-corrected chi connectivity index (χ2v) is 8.26. The third-order valence-corrected chi connectivity index (χ3v) is 5.91. The number of ether oxygens (including phenoxy) is 1. The Balaban J connectivity index is 1.78. The quantitative estimate of drug-likeness (QED) is 0.286. The molecule has 0 aromatic heterocycles. The number of halogens is 7. The summed E-state index contributed by atoms with van der Waals surface area (Å²) < 4.78 is 98.9. The molecule has 3 rings (SSSR count). The molecule has 1 aliphatic carbocycles. The summed E-state index contributed by atoms with van der Waals surface area (Å²) in [6.45, 7) is 2.10. The summed E-state index contributed by atoms with van der Waals surface area (Å²) in [5, 5.41) is 0. The molecule has 0 fully saturated rings. The lowest BCUT2D eigenvalue weighted by molar-refractivity contribution is -0.276. The van der Waals surface area contributed by atoms with E-state index in [2.05, 4.69) is 11.7 Å². The first-order valence-electron chi connectivity index (χ1n) is 10.8. The molecule has 32 heavy (non-hydrogen) atoms. The molecule has 0 heterocycles. The lowest BCUT2D eigenvalue weighted by atomic mass is 9.79. The molecule has 1 unspecified atom stereocenters. The number of aryl methyl sites for hydroxylation is 1. The monoisotopic (exact) mass is 462 g/mol. The first-order valence-corrected chi connectivity index (χ1v) is 10.8. The molecule has 2 aromatic rings. The van der Waals surface area contributed by atoms with E-state index in [1.54, 1.807) is 0 Å². The largest absolute Gasteiger partial charge is 0.573 e. The van der Waals surface area contributed by atoms with Crippen molar-refractivity contribution in [2.24, 2.45) is 0 Å². The standard InChI is InChI=1S/C24H25F7O/c1-2-3-4-5-6-7-14-10-18(25)21(19(26)11-14)15-8-9-17-16(12-15)13-20(27)23(22(17)28)32-24(29,30)31/h10-11,13,15H,2-9,12H2,1H3. The topological polar surface area (TPSA) is 9.23 Å². The van der Waals surface area contributed by atoms with E-state index in [1.165, 1.54) is 12.1 Å². The second-order valence-electron chi connectivity index (χ2n) is 8.26. The van der Waals surface area contributed by atoms with E-state index < -0.39 is 41.3 Å². The smallest absolute Gasteiger partial charge is 0.399 e. The maximum absolute atomic E-state index is 14.8. The van der Waals surface area contributed by atoms with Crippen molar-refractivity contribution in [2.45, 2.75) is 77.0 Å². The van der Waals surface area contributed by atoms with E-state index in [0.29, 0.717) is 12.0 Å². The molecule has 2 aromatic carbocycles. The molecule has 0 aliphatic heterocycles. The van der Waals surface area contributed by atoms with Crippen LogP contribution in [-0.2, 0) is 19.3 Å². The van der Waals surface area contributed by atoms with Crippen LogP contribution >= 0.6 is 0 Å². The maximum atomic E-state index is 14.8. The minimum absolute atomic E-state index is 0.0837. The number of alkyl halides is 3. The van der Waals surface area contributed by atoms with Crippen LogP contribution in [0.15, 0.2) is 18.2 Å². The number of benzene rings is 2. The van der Waals surface area contributed by atoms with Crippen molar-refractivity contribution in [1.82, 2.24) is 0 Å². The summed E-state index contributed by atoms with van der Waals surface area (Å²) >= 11 is 0. The second kappa shape index (κ2) is 10.1. The summed E-state index contributed by atoms with van der Waals surface area (Å²) in [7, 11) is 0. The van der Waals surface area contributed by atoms with Crippen molar-refractivity contribution in [2.75, 3.05) is 0 Å². The molecule has 176 valence electrons. The van der Waals surface area contributed by atoms with E-state index in [9.17, 15) is 30.7 Å². The van der Waals surface area contributed by atoms with Crippen LogP contribution in [0.1, 0.15) is 73.6 Å². The van der Waals surface area contributed by atoms with Gasteiger partial charge in [0.1, 0.15) is 11.6 Å². The van der Waals surface area contributed by atoms with Gasteiger partial charge in [0.2, 0.25) is 5.75 Å². The molecule has 0 amide bonds. The molecule has 0 saturated carbocycles. The highest BCUT2D eigenvalue weighted by Gasteiger charge is 2.36. The molecule has 0 spiro atoms. The highest BCUT2D eigenvalue weighted by atomic mass is 19.4. The van der Waals surface area contributed by atoms with Gasteiger partial charge in [0, 0.05) is 5.56 Å². The number of hydrogen-bond acceptors (Lipinski definition) is 1. The Morgan fingerprint density at radius 3 is 2.19 bits per heavy atom. The molecular weight excluding hydrogens is 437 g/mol. The van der Waals surface area contributed by atoms with Gasteiger partial charge in [0.25, 0.3) is 0 Å². The van der Waals surface area contributed by atoms with Gasteiger partial charge in [-0.05, 0) is 72.9 Å². The van der Waals surface area contributed by atoms with Gasteiger partial charge >= 0.3 is 6.36 Å². The van der Waals surface area contributed by atoms with E-state index in [1.807, 2.05) is 0 Å². The lowest BCUT2D eigenvalue weighted by Gasteiger charge is -2.27. The summed E-state index contributed by atoms with van der Waals surface area (Å²) in [4.78, 5) is 0. The Labute approximate surface area is 182 Å². The molecule has 1 nitrogen and oxygen atoms in total. The van der Waals surface area contributed by atoms with Crippen LogP contribution in [0.5, 0.6) is 5.75 Å². The number of unbranched alkanes of at least 4 members (excludes halogenated alkanes) is 4. The van der Waals surface area contributed by atoms with Crippen molar-refractivity contribution in [1.29, 1.82) is 0 Å². The summed E-state index contributed by atoms with van der Waals surface area (Å²) in [5.41, 5.74) is 0.375. The Kier molecular flexibility index (Phi) is 7.72. The summed E-state index contributed by atoms with van der Waals surface area (Å²) in [5.74, 6) is -6.52. The minimum atomic E-state index is -5.24. The van der Waals surface area contributed by atoms with Gasteiger partial charge in [0.15, 0.2) is 11.6 Å². The zero-order valence-corrected chi connectivity index (χ0v) is 17.7. The first kappa shape index (κ1) is 24.4. The normalized spacial score (nSPS) is 16.2. The van der Waals surface area contributed by atoms with E-state index in [0.717, 1.165) is 38.2 Å². The minimum Gasteiger partial charge on any atom is -0.399 e. The SMILES string of the molecule is CCCCCCCc1cc(F)c(C2CCc3c(cc(F)c(OC(F)(F)F)c3F)C2)c(F)c1. The Bertz CT molecular complexity index is 929. The van der Waals surface area contributed by atoms with Crippen LogP contribution in [0.3, 0.4) is 0 Å². The van der Waals surface area contributed by atoms with Crippen molar-refractivity contribution >= 4 is 0 Å². The van der Waals surface area contributed by atoms with Crippen LogP contribution < -0.4 is 4.74 Å². The number of hydrogen-bond donors (Lipinski definition) is 0. The van der Waals surface area contributed by atoms with Crippen LogP contribution in [0, 0.1) is 23.3 Å². The van der Waals surface area contributed by atoms with Gasteiger partial charge in [-0.3, -0.25) is 0 Å². The van der Waals surface area contributed by atoms with E-state index >= 15 is 0 Å². The molecule has 0 bridgehead atoms. The molecule has 0 radical (unpaired) electrons. The van der Waals surface area contributed by atoms with Crippen molar-refractivity contribution in [3.8, 4) is 5.75 Å². The predicted octanol–water partition coefficient (Wildman–Crippen LogP) is 7.93. The predicted molar refractivity (Wildman–Crippen MR) is 107 cm³/mol. The van der Waals surface area contributed by atoms with Crippen molar-refractivity contribution in [3.05, 3.63) is 63.7 Å².